The van der Waals surface area contributed by atoms with E-state index in [0.29, 0.717) is 31.6 Å². The van der Waals surface area contributed by atoms with Gasteiger partial charge in [-0.05, 0) is 47.4 Å². The number of nitrogens with one attached hydrogen (secondary N) is 1. The van der Waals surface area contributed by atoms with Gasteiger partial charge in [0.2, 0.25) is 5.91 Å². The minimum atomic E-state index is -1.77. The predicted octanol–water partition coefficient (Wildman–Crippen LogP) is -0.846. The molecule has 2 aromatic rings. The number of unbranched alkanes of at least 4 members (excludes halogenated alkanes) is 1. The number of nitrogens with two attached hydrogens (primary N) is 1. The summed E-state index contributed by atoms with van der Waals surface area (Å²) in [4.78, 5) is 12.2. The minimum Gasteiger partial charge on any atom is -0.497 e. The van der Waals surface area contributed by atoms with Crippen molar-refractivity contribution in [2.45, 2.75) is 38.4 Å². The maximum absolute atomic E-state index is 12.2. The van der Waals surface area contributed by atoms with Gasteiger partial charge in [0, 0.05) is 13.2 Å². The van der Waals surface area contributed by atoms with Gasteiger partial charge in [0.15, 0.2) is 5.82 Å². The van der Waals surface area contributed by atoms with E-state index in [1.165, 1.54) is 4.68 Å². The highest BCUT2D eigenvalue weighted by atomic mass is 16.6. The number of carbonyl (C=O) groups is 1. The van der Waals surface area contributed by atoms with E-state index in [4.69, 9.17) is 20.5 Å². The highest BCUT2D eigenvalue weighted by molar-refractivity contribution is 6.32. The van der Waals surface area contributed by atoms with Crippen LogP contribution in [0.25, 0.3) is 0 Å². The molecular formula is C16H25BN6O5. The molecular weight excluding hydrogens is 367 g/mol. The van der Waals surface area contributed by atoms with Crippen molar-refractivity contribution in [2.24, 2.45) is 5.73 Å². The molecule has 1 aromatic carbocycles. The zero-order chi connectivity index (χ0) is 20.4. The normalized spacial score (nSPS) is 11.9. The average Bonchev–Trinajstić information content (AvgIpc) is 3.14. The van der Waals surface area contributed by atoms with Gasteiger partial charge in [-0.2, -0.15) is 0 Å². The molecule has 0 fully saturated rings. The zero-order valence-corrected chi connectivity index (χ0v) is 15.7. The first-order valence-electron chi connectivity index (χ1n) is 8.88. The van der Waals surface area contributed by atoms with Crippen LogP contribution in [0.1, 0.15) is 36.7 Å². The number of ether oxygens (including phenoxy) is 1. The fraction of sp³-hybridized carbons (Fsp3) is 0.500. The number of carbonyl (C=O) groups excluding carboxylic acids is 1. The van der Waals surface area contributed by atoms with Crippen molar-refractivity contribution in [2.75, 3.05) is 13.7 Å². The first-order valence-corrected chi connectivity index (χ1v) is 8.88. The van der Waals surface area contributed by atoms with Crippen molar-refractivity contribution in [1.29, 1.82) is 0 Å². The average molecular weight is 392 g/mol. The molecule has 1 amide bonds. The third-order valence-electron chi connectivity index (χ3n) is 4.01. The molecule has 2 rings (SSSR count). The number of amides is 1. The molecule has 0 saturated carbocycles. The summed E-state index contributed by atoms with van der Waals surface area (Å²) in [5.74, 6) is 0.936. The second kappa shape index (κ2) is 11.3. The molecule has 0 aliphatic rings. The lowest BCUT2D eigenvalue weighted by molar-refractivity contribution is -0.122. The van der Waals surface area contributed by atoms with E-state index in [1.54, 1.807) is 7.11 Å². The van der Waals surface area contributed by atoms with Crippen LogP contribution < -0.4 is 15.8 Å². The van der Waals surface area contributed by atoms with Crippen LogP contribution in [-0.2, 0) is 22.5 Å². The summed E-state index contributed by atoms with van der Waals surface area (Å²) in [6.07, 6.45) is 1.86. The molecule has 1 atom stereocenters. The van der Waals surface area contributed by atoms with Crippen molar-refractivity contribution in [3.8, 4) is 5.75 Å². The van der Waals surface area contributed by atoms with E-state index in [-0.39, 0.29) is 19.1 Å². The Hall–Kier alpha value is -2.54. The van der Waals surface area contributed by atoms with E-state index in [1.807, 2.05) is 24.3 Å². The number of hydrogen-bond acceptors (Lipinski definition) is 9. The molecule has 11 nitrogen and oxygen atoms in total. The van der Waals surface area contributed by atoms with Gasteiger partial charge < -0.3 is 30.5 Å². The zero-order valence-electron chi connectivity index (χ0n) is 15.7. The Morgan fingerprint density at radius 3 is 2.75 bits per heavy atom. The molecule has 0 radical (unpaired) electrons. The topological polar surface area (TPSA) is 158 Å². The number of hydrogen-bond donors (Lipinski definition) is 4. The molecule has 0 saturated heterocycles. The van der Waals surface area contributed by atoms with Crippen LogP contribution in [0, 0.1) is 0 Å². The van der Waals surface area contributed by atoms with E-state index < -0.39 is 13.4 Å². The molecule has 1 heterocycles. The lowest BCUT2D eigenvalue weighted by Gasteiger charge is -2.12. The smallest absolute Gasteiger partial charge is 0.497 e. The maximum atomic E-state index is 12.2. The minimum absolute atomic E-state index is 0.0357. The fourth-order valence-electron chi connectivity index (χ4n) is 2.51. The SMILES string of the molecule is COc1ccc(CNC(=O)Cn2nnnc2C(N)CCCCOB(O)O)cc1. The van der Waals surface area contributed by atoms with Crippen LogP contribution in [0.4, 0.5) is 0 Å². The van der Waals surface area contributed by atoms with Crippen LogP contribution in [0.2, 0.25) is 0 Å². The summed E-state index contributed by atoms with van der Waals surface area (Å²) >= 11 is 0. The summed E-state index contributed by atoms with van der Waals surface area (Å²) in [5, 5.41) is 31.4. The third kappa shape index (κ3) is 7.23. The number of rotatable bonds is 12. The molecule has 5 N–H and O–H groups in total. The van der Waals surface area contributed by atoms with E-state index in [2.05, 4.69) is 25.5 Å². The third-order valence-corrected chi connectivity index (χ3v) is 4.01. The monoisotopic (exact) mass is 392 g/mol. The van der Waals surface area contributed by atoms with Gasteiger partial charge in [-0.25, -0.2) is 4.68 Å². The highest BCUT2D eigenvalue weighted by Gasteiger charge is 2.17. The number of methoxy groups -OCH3 is 1. The second-order valence-electron chi connectivity index (χ2n) is 6.12. The molecule has 0 spiro atoms. The second-order valence-corrected chi connectivity index (χ2v) is 6.12. The van der Waals surface area contributed by atoms with Gasteiger partial charge in [-0.15, -0.1) is 5.10 Å². The van der Waals surface area contributed by atoms with Gasteiger partial charge in [0.05, 0.1) is 13.2 Å². The van der Waals surface area contributed by atoms with Gasteiger partial charge in [0.25, 0.3) is 0 Å². The van der Waals surface area contributed by atoms with Gasteiger partial charge in [0.1, 0.15) is 12.3 Å². The van der Waals surface area contributed by atoms with Gasteiger partial charge >= 0.3 is 7.32 Å². The fourth-order valence-corrected chi connectivity index (χ4v) is 2.51. The standard InChI is InChI=1S/C16H25BN6O5/c1-27-13-7-5-12(6-8-13)10-19-15(24)11-23-16(20-21-22-23)14(18)4-2-3-9-28-17(25)26/h5-8,14,25-26H,2-4,9-11,18H2,1H3,(H,19,24). The van der Waals surface area contributed by atoms with Crippen LogP contribution >= 0.6 is 0 Å². The molecule has 1 aromatic heterocycles. The van der Waals surface area contributed by atoms with Crippen LogP contribution in [0.3, 0.4) is 0 Å². The number of nitrogens with zero attached hydrogens (tertiary/aromatic N) is 4. The molecule has 152 valence electrons. The molecule has 0 aliphatic carbocycles. The Kier molecular flexibility index (Phi) is 8.81. The van der Waals surface area contributed by atoms with Crippen molar-refractivity contribution >= 4 is 13.2 Å². The number of benzene rings is 1. The maximum Gasteiger partial charge on any atom is 0.633 e. The summed E-state index contributed by atoms with van der Waals surface area (Å²) in [6.45, 7) is 0.554. The van der Waals surface area contributed by atoms with Crippen LogP contribution in [0.15, 0.2) is 24.3 Å². The van der Waals surface area contributed by atoms with Crippen molar-refractivity contribution < 1.29 is 24.2 Å². The largest absolute Gasteiger partial charge is 0.633 e. The molecule has 28 heavy (non-hydrogen) atoms. The van der Waals surface area contributed by atoms with Crippen LogP contribution in [-0.4, -0.2) is 57.2 Å². The quantitative estimate of drug-likeness (QED) is 0.267. The summed E-state index contributed by atoms with van der Waals surface area (Å²) in [7, 11) is -0.171. The Bertz CT molecular complexity index is 727. The van der Waals surface area contributed by atoms with E-state index in [9.17, 15) is 4.79 Å². The van der Waals surface area contributed by atoms with Crippen molar-refractivity contribution in [1.82, 2.24) is 25.5 Å². The Balaban J connectivity index is 1.77. The van der Waals surface area contributed by atoms with Crippen LogP contribution in [0.5, 0.6) is 5.75 Å². The number of tetrazole rings is 1. The molecule has 0 bridgehead atoms. The van der Waals surface area contributed by atoms with Gasteiger partial charge in [-0.1, -0.05) is 12.1 Å². The Morgan fingerprint density at radius 1 is 1.32 bits per heavy atom. The summed E-state index contributed by atoms with van der Waals surface area (Å²) < 4.78 is 11.1. The van der Waals surface area contributed by atoms with Crippen molar-refractivity contribution in [3.63, 3.8) is 0 Å². The predicted molar refractivity (Wildman–Crippen MR) is 99.6 cm³/mol. The molecule has 0 aliphatic heterocycles. The summed E-state index contributed by atoms with van der Waals surface area (Å²) in [6, 6.07) is 6.95. The first kappa shape index (κ1) is 21.8. The summed E-state index contributed by atoms with van der Waals surface area (Å²) in [5.41, 5.74) is 7.05. The Morgan fingerprint density at radius 2 is 2.07 bits per heavy atom. The lowest BCUT2D eigenvalue weighted by atomic mass is 10.1. The van der Waals surface area contributed by atoms with Crippen molar-refractivity contribution in [3.05, 3.63) is 35.7 Å². The Labute approximate surface area is 163 Å². The van der Waals surface area contributed by atoms with Gasteiger partial charge in [-0.3, -0.25) is 4.79 Å². The number of aromatic nitrogens is 4. The first-order chi connectivity index (χ1) is 13.5. The molecule has 12 heteroatoms. The lowest BCUT2D eigenvalue weighted by Crippen LogP contribution is -2.29. The molecule has 1 unspecified atom stereocenters. The van der Waals surface area contributed by atoms with E-state index in [0.717, 1.165) is 11.3 Å². The van der Waals surface area contributed by atoms with E-state index >= 15 is 0 Å². The highest BCUT2D eigenvalue weighted by Crippen LogP contribution is 2.14.